The highest BCUT2D eigenvalue weighted by atomic mass is 16.5. The molecule has 0 saturated heterocycles. The molecule has 0 radical (unpaired) electrons. The van der Waals surface area contributed by atoms with Crippen LogP contribution in [0.15, 0.2) is 24.3 Å². The van der Waals surface area contributed by atoms with E-state index in [1.54, 1.807) is 18.2 Å². The molecule has 1 rings (SSSR count). The first kappa shape index (κ1) is 15.9. The van der Waals surface area contributed by atoms with Crippen molar-refractivity contribution in [1.29, 1.82) is 0 Å². The number of hydrogen-bond acceptors (Lipinski definition) is 4. The van der Waals surface area contributed by atoms with Crippen molar-refractivity contribution in [3.05, 3.63) is 35.4 Å². The number of carbonyl (C=O) groups is 2. The first-order valence-corrected chi connectivity index (χ1v) is 5.60. The van der Waals surface area contributed by atoms with E-state index >= 15 is 0 Å². The molecule has 0 atom stereocenters. The molecule has 0 N–H and O–H groups in total. The third-order valence-electron chi connectivity index (χ3n) is 2.02. The highest BCUT2D eigenvalue weighted by molar-refractivity contribution is 5.90. The zero-order valence-corrected chi connectivity index (χ0v) is 11.1. The van der Waals surface area contributed by atoms with Crippen molar-refractivity contribution in [2.24, 2.45) is 0 Å². The van der Waals surface area contributed by atoms with Gasteiger partial charge in [0.25, 0.3) is 0 Å². The quantitative estimate of drug-likeness (QED) is 0.468. The number of benzene rings is 1. The fourth-order valence-electron chi connectivity index (χ4n) is 1.16. The minimum absolute atomic E-state index is 0.458. The van der Waals surface area contributed by atoms with Gasteiger partial charge in [0, 0.05) is 11.6 Å². The van der Waals surface area contributed by atoms with Crippen molar-refractivity contribution in [2.45, 2.75) is 13.8 Å². The van der Waals surface area contributed by atoms with Gasteiger partial charge in [-0.25, -0.2) is 4.79 Å². The summed E-state index contributed by atoms with van der Waals surface area (Å²) >= 11 is 0. The summed E-state index contributed by atoms with van der Waals surface area (Å²) in [4.78, 5) is 21.7. The largest absolute Gasteiger partial charge is 0.497 e. The maximum atomic E-state index is 10.9. The van der Waals surface area contributed by atoms with E-state index < -0.39 is 5.97 Å². The van der Waals surface area contributed by atoms with Crippen LogP contribution < -0.4 is 4.74 Å². The predicted molar refractivity (Wildman–Crippen MR) is 70.8 cm³/mol. The molecule has 0 bridgehead atoms. The molecule has 0 heterocycles. The van der Waals surface area contributed by atoms with E-state index in [2.05, 4.69) is 4.74 Å². The molecular formula is C14H18O4. The van der Waals surface area contributed by atoms with Crippen LogP contribution in [-0.2, 0) is 9.53 Å². The monoisotopic (exact) mass is 250 g/mol. The van der Waals surface area contributed by atoms with E-state index in [-0.39, 0.29) is 0 Å². The lowest BCUT2D eigenvalue weighted by Crippen LogP contribution is -1.94. The van der Waals surface area contributed by atoms with Crippen LogP contribution in [0.4, 0.5) is 0 Å². The van der Waals surface area contributed by atoms with Gasteiger partial charge in [-0.3, -0.25) is 4.79 Å². The molecule has 4 nitrogen and oxygen atoms in total. The van der Waals surface area contributed by atoms with Gasteiger partial charge in [0.2, 0.25) is 0 Å². The number of rotatable bonds is 4. The minimum atomic E-state index is -0.465. The Kier molecular flexibility index (Phi) is 7.94. The van der Waals surface area contributed by atoms with Crippen molar-refractivity contribution >= 4 is 18.3 Å². The van der Waals surface area contributed by atoms with E-state index in [0.717, 1.165) is 0 Å². The highest BCUT2D eigenvalue weighted by Gasteiger charge is 2.01. The number of ether oxygens (including phenoxy) is 2. The second kappa shape index (κ2) is 8.98. The lowest BCUT2D eigenvalue weighted by Gasteiger charge is -2.03. The standard InChI is InChI=1S/C12H12O4.C2H6/c1-15-11-5-3-9(10(7-11)8-13)4-6-12(14)16-2;1-2/h3-8H,1-2H3;1-2H3/b6-4+;. The third-order valence-corrected chi connectivity index (χ3v) is 2.02. The minimum Gasteiger partial charge on any atom is -0.497 e. The first-order chi connectivity index (χ1) is 8.71. The Hall–Kier alpha value is -2.10. The molecule has 98 valence electrons. The molecule has 0 fully saturated rings. The summed E-state index contributed by atoms with van der Waals surface area (Å²) in [5.41, 5.74) is 1.10. The maximum absolute atomic E-state index is 10.9. The zero-order valence-electron chi connectivity index (χ0n) is 11.1. The van der Waals surface area contributed by atoms with E-state index in [1.165, 1.54) is 26.4 Å². The van der Waals surface area contributed by atoms with Crippen LogP contribution in [0.25, 0.3) is 6.08 Å². The van der Waals surface area contributed by atoms with Gasteiger partial charge in [0.05, 0.1) is 14.2 Å². The van der Waals surface area contributed by atoms with Crippen molar-refractivity contribution in [2.75, 3.05) is 14.2 Å². The topological polar surface area (TPSA) is 52.6 Å². The molecule has 0 aliphatic rings. The summed E-state index contributed by atoms with van der Waals surface area (Å²) in [7, 11) is 2.81. The number of hydrogen-bond donors (Lipinski definition) is 0. The fraction of sp³-hybridized carbons (Fsp3) is 0.286. The van der Waals surface area contributed by atoms with Gasteiger partial charge in [-0.15, -0.1) is 0 Å². The van der Waals surface area contributed by atoms with E-state index in [1.807, 2.05) is 13.8 Å². The molecule has 0 saturated carbocycles. The molecule has 0 amide bonds. The van der Waals surface area contributed by atoms with Gasteiger partial charge in [-0.2, -0.15) is 0 Å². The Morgan fingerprint density at radius 2 is 1.83 bits per heavy atom. The number of aldehydes is 1. The summed E-state index contributed by atoms with van der Waals surface area (Å²) in [6, 6.07) is 5.01. The third kappa shape index (κ3) is 4.82. The van der Waals surface area contributed by atoms with Gasteiger partial charge in [-0.1, -0.05) is 19.9 Å². The van der Waals surface area contributed by atoms with Gasteiger partial charge in [0.15, 0.2) is 6.29 Å². The van der Waals surface area contributed by atoms with Crippen LogP contribution in [0, 0.1) is 0 Å². The second-order valence-electron chi connectivity index (χ2n) is 2.97. The zero-order chi connectivity index (χ0) is 14.0. The van der Waals surface area contributed by atoms with Crippen molar-refractivity contribution in [1.82, 2.24) is 0 Å². The number of carbonyl (C=O) groups excluding carboxylic acids is 2. The van der Waals surface area contributed by atoms with Crippen LogP contribution in [0.2, 0.25) is 0 Å². The Morgan fingerprint density at radius 3 is 2.33 bits per heavy atom. The lowest BCUT2D eigenvalue weighted by molar-refractivity contribution is -0.134. The van der Waals surface area contributed by atoms with Crippen molar-refractivity contribution in [3.8, 4) is 5.75 Å². The first-order valence-electron chi connectivity index (χ1n) is 5.60. The van der Waals surface area contributed by atoms with E-state index in [9.17, 15) is 9.59 Å². The number of esters is 1. The summed E-state index contributed by atoms with van der Waals surface area (Å²) in [6.07, 6.45) is 3.49. The molecule has 0 spiro atoms. The Morgan fingerprint density at radius 1 is 1.17 bits per heavy atom. The van der Waals surface area contributed by atoms with Gasteiger partial charge in [0.1, 0.15) is 5.75 Å². The van der Waals surface area contributed by atoms with Gasteiger partial charge in [-0.05, 0) is 23.8 Å². The Labute approximate surface area is 107 Å². The maximum Gasteiger partial charge on any atom is 0.330 e. The van der Waals surface area contributed by atoms with E-state index in [0.29, 0.717) is 23.2 Å². The van der Waals surface area contributed by atoms with Crippen LogP contribution >= 0.6 is 0 Å². The molecule has 18 heavy (non-hydrogen) atoms. The van der Waals surface area contributed by atoms with Gasteiger partial charge < -0.3 is 9.47 Å². The van der Waals surface area contributed by atoms with Crippen molar-refractivity contribution < 1.29 is 19.1 Å². The highest BCUT2D eigenvalue weighted by Crippen LogP contribution is 2.17. The number of methoxy groups -OCH3 is 2. The normalized spacial score (nSPS) is 9.33. The van der Waals surface area contributed by atoms with Crippen LogP contribution in [0.5, 0.6) is 5.75 Å². The fourth-order valence-corrected chi connectivity index (χ4v) is 1.16. The average molecular weight is 250 g/mol. The lowest BCUT2D eigenvalue weighted by atomic mass is 10.1. The second-order valence-corrected chi connectivity index (χ2v) is 2.97. The molecule has 0 aliphatic heterocycles. The summed E-state index contributed by atoms with van der Waals surface area (Å²) in [6.45, 7) is 4.00. The molecule has 1 aromatic rings. The van der Waals surface area contributed by atoms with Crippen LogP contribution in [0.1, 0.15) is 29.8 Å². The summed E-state index contributed by atoms with van der Waals surface area (Å²) < 4.78 is 9.44. The van der Waals surface area contributed by atoms with Crippen molar-refractivity contribution in [3.63, 3.8) is 0 Å². The van der Waals surface area contributed by atoms with Crippen LogP contribution in [-0.4, -0.2) is 26.5 Å². The molecular weight excluding hydrogens is 232 g/mol. The summed E-state index contributed by atoms with van der Waals surface area (Å²) in [5.74, 6) is 0.130. The Balaban J connectivity index is 0.00000137. The van der Waals surface area contributed by atoms with E-state index in [4.69, 9.17) is 4.74 Å². The smallest absolute Gasteiger partial charge is 0.330 e. The Bertz CT molecular complexity index is 422. The summed E-state index contributed by atoms with van der Waals surface area (Å²) in [5, 5.41) is 0. The molecule has 4 heteroatoms. The van der Waals surface area contributed by atoms with Crippen LogP contribution in [0.3, 0.4) is 0 Å². The van der Waals surface area contributed by atoms with Gasteiger partial charge >= 0.3 is 5.97 Å². The average Bonchev–Trinajstić information content (AvgIpc) is 2.46. The predicted octanol–water partition coefficient (Wildman–Crippen LogP) is 2.72. The molecule has 0 aliphatic carbocycles. The SMILES string of the molecule is CC.COC(=O)/C=C/c1ccc(OC)cc1C=O. The molecule has 0 aromatic heterocycles. The molecule has 0 unspecified atom stereocenters. The molecule has 1 aromatic carbocycles.